The summed E-state index contributed by atoms with van der Waals surface area (Å²) in [6, 6.07) is 0. The van der Waals surface area contributed by atoms with Crippen molar-refractivity contribution in [1.82, 2.24) is 0 Å². The van der Waals surface area contributed by atoms with E-state index >= 15 is 0 Å². The third-order valence-corrected chi connectivity index (χ3v) is 14.8. The standard InChI is InChI=1S/C41H66O14/c1-18(2)19(3)8-9-20(4)22-10-11-23-30-24(12-13-40(22,23)6)41(7)15-26(44)31(45)37(55-39-36(50)34(48)32(46)28(16-42)54-39)25(41)14-27(30)53-38-35(49)33(47)29(17-51-38)52-21(5)43/h14,18,20,22-24,26-39,42,44-50H,3,8-13,15-17H2,1-2,4-7H3/t20-,22-,23+,24+,26-,27-,28-,29-,30+,31+,32+,33+,34+,35-,36-,37-,38+,39+,40-,41-/m1/s1. The zero-order chi connectivity index (χ0) is 40.3. The molecule has 2 heterocycles. The van der Waals surface area contributed by atoms with Crippen LogP contribution in [0.1, 0.15) is 86.5 Å². The van der Waals surface area contributed by atoms with Gasteiger partial charge < -0.3 is 64.5 Å². The number of hydrogen-bond donors (Lipinski definition) is 8. The highest BCUT2D eigenvalue weighted by Gasteiger charge is 2.64. The van der Waals surface area contributed by atoms with Gasteiger partial charge in [0, 0.05) is 6.92 Å². The molecule has 0 bridgehead atoms. The molecular formula is C41H66O14. The smallest absolute Gasteiger partial charge is 0.303 e. The Kier molecular flexibility index (Phi) is 13.0. The van der Waals surface area contributed by atoms with Crippen LogP contribution in [0.3, 0.4) is 0 Å². The predicted octanol–water partition coefficient (Wildman–Crippen LogP) is 1.33. The van der Waals surface area contributed by atoms with E-state index in [-0.39, 0.29) is 36.2 Å². The van der Waals surface area contributed by atoms with Crippen LogP contribution in [-0.4, -0.2) is 140 Å². The predicted molar refractivity (Wildman–Crippen MR) is 197 cm³/mol. The second kappa shape index (κ2) is 16.6. The number of fused-ring (bicyclic) bond motifs is 5. The number of allylic oxidation sites excluding steroid dienone is 1. The molecule has 14 nitrogen and oxygen atoms in total. The lowest BCUT2D eigenvalue weighted by molar-refractivity contribution is -0.321. The van der Waals surface area contributed by atoms with Gasteiger partial charge in [0.1, 0.15) is 48.8 Å². The Morgan fingerprint density at radius 3 is 2.25 bits per heavy atom. The molecular weight excluding hydrogens is 716 g/mol. The van der Waals surface area contributed by atoms with Crippen LogP contribution in [0.25, 0.3) is 0 Å². The number of aliphatic hydroxyl groups is 8. The Balaban J connectivity index is 1.36. The largest absolute Gasteiger partial charge is 0.457 e. The maximum atomic E-state index is 11.7. The van der Waals surface area contributed by atoms with E-state index in [1.165, 1.54) is 12.5 Å². The molecule has 0 amide bonds. The van der Waals surface area contributed by atoms with E-state index in [1.807, 2.05) is 6.08 Å². The molecule has 6 aliphatic rings. The molecule has 0 aromatic carbocycles. The summed E-state index contributed by atoms with van der Waals surface area (Å²) in [5.74, 6) is 0.668. The molecule has 0 aromatic rings. The fourth-order valence-corrected chi connectivity index (χ4v) is 11.6. The van der Waals surface area contributed by atoms with Gasteiger partial charge in [0.25, 0.3) is 0 Å². The first kappa shape index (κ1) is 43.1. The van der Waals surface area contributed by atoms with Gasteiger partial charge >= 0.3 is 5.97 Å². The minimum absolute atomic E-state index is 0.0476. The van der Waals surface area contributed by atoms with E-state index in [4.69, 9.17) is 23.7 Å². The lowest BCUT2D eigenvalue weighted by Crippen LogP contribution is -2.64. The van der Waals surface area contributed by atoms with Crippen LogP contribution in [0.15, 0.2) is 23.8 Å². The van der Waals surface area contributed by atoms with Gasteiger partial charge in [-0.25, -0.2) is 0 Å². The van der Waals surface area contributed by atoms with E-state index in [0.717, 1.165) is 38.5 Å². The summed E-state index contributed by atoms with van der Waals surface area (Å²) < 4.78 is 29.8. The molecule has 8 N–H and O–H groups in total. The van der Waals surface area contributed by atoms with Crippen molar-refractivity contribution in [1.29, 1.82) is 0 Å². The summed E-state index contributed by atoms with van der Waals surface area (Å²) in [5, 5.41) is 86.9. The number of aliphatic hydroxyl groups excluding tert-OH is 8. The molecule has 314 valence electrons. The Bertz CT molecular complexity index is 1400. The molecule has 5 fully saturated rings. The van der Waals surface area contributed by atoms with Crippen LogP contribution < -0.4 is 0 Å². The average molecular weight is 783 g/mol. The van der Waals surface area contributed by atoms with Crippen molar-refractivity contribution < 1.29 is 69.3 Å². The molecule has 0 radical (unpaired) electrons. The molecule has 0 unspecified atom stereocenters. The zero-order valence-corrected chi connectivity index (χ0v) is 33.1. The number of carbonyl (C=O) groups is 1. The number of esters is 1. The molecule has 6 rings (SSSR count). The van der Waals surface area contributed by atoms with Gasteiger partial charge in [-0.1, -0.05) is 52.8 Å². The third-order valence-electron chi connectivity index (χ3n) is 14.8. The van der Waals surface area contributed by atoms with Crippen molar-refractivity contribution in [3.63, 3.8) is 0 Å². The van der Waals surface area contributed by atoms with Crippen LogP contribution in [0, 0.1) is 46.3 Å². The van der Waals surface area contributed by atoms with E-state index in [9.17, 15) is 45.6 Å². The van der Waals surface area contributed by atoms with Crippen LogP contribution in [0.4, 0.5) is 0 Å². The van der Waals surface area contributed by atoms with Crippen LogP contribution in [0.5, 0.6) is 0 Å². The highest BCUT2D eigenvalue weighted by atomic mass is 16.7. The van der Waals surface area contributed by atoms with E-state index in [0.29, 0.717) is 23.3 Å². The van der Waals surface area contributed by atoms with Gasteiger partial charge in [-0.15, -0.1) is 0 Å². The van der Waals surface area contributed by atoms with Crippen LogP contribution in [-0.2, 0) is 28.5 Å². The van der Waals surface area contributed by atoms with Crippen molar-refractivity contribution in [2.24, 2.45) is 46.3 Å². The van der Waals surface area contributed by atoms with Crippen molar-refractivity contribution in [3.8, 4) is 0 Å². The van der Waals surface area contributed by atoms with Gasteiger partial charge in [-0.05, 0) is 96.9 Å². The van der Waals surface area contributed by atoms with E-state index in [1.54, 1.807) is 0 Å². The Morgan fingerprint density at radius 2 is 1.60 bits per heavy atom. The molecule has 55 heavy (non-hydrogen) atoms. The van der Waals surface area contributed by atoms with Gasteiger partial charge in [0.15, 0.2) is 18.7 Å². The lowest BCUT2D eigenvalue weighted by atomic mass is 9.45. The van der Waals surface area contributed by atoms with Crippen LogP contribution in [0.2, 0.25) is 0 Å². The first-order valence-electron chi connectivity index (χ1n) is 20.4. The lowest BCUT2D eigenvalue weighted by Gasteiger charge is -2.62. The number of ether oxygens (including phenoxy) is 5. The SMILES string of the molecule is C=C(CC[C@@H](C)[C@H]1CC[C@H]2[C@@H]3[C@H](O[C@@H]4OC[C@@H](OC(C)=O)[C@H](O)[C@H]4O)C=C4[C@@H](O[C@@H]5O[C@H](CO)[C@H](O)[C@H](O)[C@H]5O)[C@@H](O)[C@H](O)C[C@]4(C)[C@H]3CC[C@]12C)C(C)C. The Morgan fingerprint density at radius 1 is 0.909 bits per heavy atom. The molecule has 20 atom stereocenters. The molecule has 2 saturated heterocycles. The number of hydrogen-bond acceptors (Lipinski definition) is 14. The molecule has 14 heteroatoms. The summed E-state index contributed by atoms with van der Waals surface area (Å²) in [7, 11) is 0. The number of rotatable bonds is 11. The second-order valence-corrected chi connectivity index (χ2v) is 18.3. The highest BCUT2D eigenvalue weighted by molar-refractivity contribution is 5.66. The molecule has 2 aliphatic heterocycles. The summed E-state index contributed by atoms with van der Waals surface area (Å²) in [6.07, 6.45) is -10.1. The maximum Gasteiger partial charge on any atom is 0.303 e. The van der Waals surface area contributed by atoms with Gasteiger partial charge in [-0.3, -0.25) is 4.79 Å². The fourth-order valence-electron chi connectivity index (χ4n) is 11.6. The van der Waals surface area contributed by atoms with Crippen LogP contribution >= 0.6 is 0 Å². The first-order chi connectivity index (χ1) is 25.8. The van der Waals surface area contributed by atoms with E-state index < -0.39 is 97.7 Å². The second-order valence-electron chi connectivity index (χ2n) is 18.3. The normalized spacial score (nSPS) is 49.0. The molecule has 4 aliphatic carbocycles. The van der Waals surface area contributed by atoms with Gasteiger partial charge in [0.05, 0.1) is 25.4 Å². The topological polar surface area (TPSA) is 225 Å². The third kappa shape index (κ3) is 7.85. The molecule has 0 aromatic heterocycles. The minimum Gasteiger partial charge on any atom is -0.457 e. The monoisotopic (exact) mass is 782 g/mol. The molecule has 3 saturated carbocycles. The van der Waals surface area contributed by atoms with Crippen molar-refractivity contribution in [2.75, 3.05) is 13.2 Å². The van der Waals surface area contributed by atoms with Crippen molar-refractivity contribution >= 4 is 5.97 Å². The van der Waals surface area contributed by atoms with Gasteiger partial charge in [-0.2, -0.15) is 0 Å². The Labute approximate surface area is 324 Å². The summed E-state index contributed by atoms with van der Waals surface area (Å²) in [6.45, 7) is 15.8. The minimum atomic E-state index is -1.73. The highest BCUT2D eigenvalue weighted by Crippen LogP contribution is 2.68. The quantitative estimate of drug-likeness (QED) is 0.109. The average Bonchev–Trinajstić information content (AvgIpc) is 3.49. The summed E-state index contributed by atoms with van der Waals surface area (Å²) in [5.41, 5.74) is 1.07. The fraction of sp³-hybridized carbons (Fsp3) is 0.878. The first-order valence-corrected chi connectivity index (χ1v) is 20.4. The maximum absolute atomic E-state index is 11.7. The molecule has 0 spiro atoms. The van der Waals surface area contributed by atoms with E-state index in [2.05, 4.69) is 41.2 Å². The van der Waals surface area contributed by atoms with Crippen molar-refractivity contribution in [2.45, 2.75) is 166 Å². The number of carbonyl (C=O) groups excluding carboxylic acids is 1. The zero-order valence-electron chi connectivity index (χ0n) is 33.1. The van der Waals surface area contributed by atoms with Gasteiger partial charge in [0.2, 0.25) is 0 Å². The van der Waals surface area contributed by atoms with Crippen molar-refractivity contribution in [3.05, 3.63) is 23.8 Å². The summed E-state index contributed by atoms with van der Waals surface area (Å²) in [4.78, 5) is 11.7. The Hall–Kier alpha value is -1.53. The summed E-state index contributed by atoms with van der Waals surface area (Å²) >= 11 is 0.